The third-order valence-electron chi connectivity index (χ3n) is 6.46. The molecule has 186 valence electrons. The maximum absolute atomic E-state index is 14.6. The molecule has 2 aromatic carbocycles. The Morgan fingerprint density at radius 3 is 2.72 bits per heavy atom. The van der Waals surface area contributed by atoms with Gasteiger partial charge in [0.05, 0.1) is 24.1 Å². The summed E-state index contributed by atoms with van der Waals surface area (Å²) in [5, 5.41) is 14.0. The number of nitrogens with zero attached hydrogens (tertiary/aromatic N) is 3. The summed E-state index contributed by atoms with van der Waals surface area (Å²) in [5.41, 5.74) is 7.78. The fraction of sp³-hybridized carbons (Fsp3) is 0.280. The van der Waals surface area contributed by atoms with Crippen LogP contribution in [0.1, 0.15) is 41.2 Å². The van der Waals surface area contributed by atoms with Gasteiger partial charge >= 0.3 is 0 Å². The Morgan fingerprint density at radius 1 is 1.25 bits per heavy atom. The highest BCUT2D eigenvalue weighted by molar-refractivity contribution is 5.99. The number of rotatable bonds is 6. The van der Waals surface area contributed by atoms with Crippen LogP contribution < -0.4 is 21.3 Å². The van der Waals surface area contributed by atoms with Gasteiger partial charge in [-0.3, -0.25) is 14.3 Å². The maximum Gasteiger partial charge on any atom is 0.290 e. The third kappa shape index (κ3) is 4.16. The average molecular weight is 495 g/mol. The molecule has 9 nitrogen and oxygen atoms in total. The van der Waals surface area contributed by atoms with Crippen LogP contribution in [0.25, 0.3) is 22.2 Å². The predicted octanol–water partition coefficient (Wildman–Crippen LogP) is 3.51. The van der Waals surface area contributed by atoms with Crippen LogP contribution in [0.2, 0.25) is 0 Å². The molecule has 5 rings (SSSR count). The number of nitrogens with one attached hydrogen (secondary N) is 2. The molecule has 0 bridgehead atoms. The Labute approximate surface area is 204 Å². The van der Waals surface area contributed by atoms with E-state index >= 15 is 0 Å². The van der Waals surface area contributed by atoms with Crippen LogP contribution >= 0.6 is 0 Å². The molecular weight excluding hydrogens is 470 g/mol. The van der Waals surface area contributed by atoms with Gasteiger partial charge in [0, 0.05) is 12.1 Å². The van der Waals surface area contributed by atoms with Crippen molar-refractivity contribution in [3.8, 4) is 17.0 Å². The number of hydrogen-bond donors (Lipinski definition) is 3. The van der Waals surface area contributed by atoms with Gasteiger partial charge in [-0.2, -0.15) is 10.2 Å². The van der Waals surface area contributed by atoms with Crippen molar-refractivity contribution in [3.63, 3.8) is 0 Å². The Balaban J connectivity index is 1.42. The summed E-state index contributed by atoms with van der Waals surface area (Å²) in [7, 11) is 1.41. The number of anilines is 1. The van der Waals surface area contributed by atoms with Gasteiger partial charge in [0.25, 0.3) is 11.5 Å². The van der Waals surface area contributed by atoms with E-state index in [0.717, 1.165) is 11.6 Å². The lowest BCUT2D eigenvalue weighted by molar-refractivity contribution is 0.0947. The van der Waals surface area contributed by atoms with E-state index < -0.39 is 29.5 Å². The van der Waals surface area contributed by atoms with E-state index in [2.05, 4.69) is 20.6 Å². The first-order valence-electron chi connectivity index (χ1n) is 11.5. The van der Waals surface area contributed by atoms with Gasteiger partial charge in [-0.25, -0.2) is 13.9 Å². The molecule has 0 unspecified atom stereocenters. The van der Waals surface area contributed by atoms with Crippen molar-refractivity contribution in [1.29, 1.82) is 0 Å². The van der Waals surface area contributed by atoms with Crippen molar-refractivity contribution in [1.82, 2.24) is 25.3 Å². The molecule has 4 aromatic rings. The van der Waals surface area contributed by atoms with E-state index in [-0.39, 0.29) is 29.2 Å². The number of carbonyl (C=O) groups excluding carboxylic acids is 1. The summed E-state index contributed by atoms with van der Waals surface area (Å²) >= 11 is 0. The van der Waals surface area contributed by atoms with E-state index in [1.165, 1.54) is 23.9 Å². The number of amides is 1. The van der Waals surface area contributed by atoms with Crippen molar-refractivity contribution in [2.45, 2.75) is 38.0 Å². The molecule has 2 aromatic heterocycles. The quantitative estimate of drug-likeness (QED) is 0.376. The lowest BCUT2D eigenvalue weighted by atomic mass is 10.1. The number of alkyl halides is 1. The lowest BCUT2D eigenvalue weighted by Crippen LogP contribution is -2.23. The molecule has 1 saturated carbocycles. The minimum Gasteiger partial charge on any atom is -0.496 e. The van der Waals surface area contributed by atoms with Crippen molar-refractivity contribution in [2.75, 3.05) is 12.8 Å². The molecule has 1 amide bonds. The largest absolute Gasteiger partial charge is 0.496 e. The molecule has 0 radical (unpaired) electrons. The number of nitrogen functional groups attached to an aromatic ring is 1. The van der Waals surface area contributed by atoms with Gasteiger partial charge in [-0.15, -0.1) is 0 Å². The molecule has 0 spiro atoms. The number of ether oxygens (including phenoxy) is 1. The average Bonchev–Trinajstić information content (AvgIpc) is 3.49. The van der Waals surface area contributed by atoms with Gasteiger partial charge in [0.2, 0.25) is 0 Å². The number of fused-ring (bicyclic) bond motifs is 1. The van der Waals surface area contributed by atoms with E-state index in [0.29, 0.717) is 35.9 Å². The van der Waals surface area contributed by atoms with Crippen LogP contribution in [-0.2, 0) is 6.54 Å². The number of carbonyl (C=O) groups is 1. The van der Waals surface area contributed by atoms with Crippen LogP contribution in [0.5, 0.6) is 5.75 Å². The monoisotopic (exact) mass is 494 g/mol. The first kappa shape index (κ1) is 23.5. The number of nitrogens with two attached hydrogens (primary N) is 1. The Bertz CT molecular complexity index is 1500. The molecule has 36 heavy (non-hydrogen) atoms. The molecule has 0 saturated heterocycles. The molecule has 2 atom stereocenters. The van der Waals surface area contributed by atoms with Crippen LogP contribution in [0, 0.1) is 5.82 Å². The van der Waals surface area contributed by atoms with Crippen LogP contribution in [-0.4, -0.2) is 39.2 Å². The summed E-state index contributed by atoms with van der Waals surface area (Å²) in [6.07, 6.45) is 0.607. The first-order valence-corrected chi connectivity index (χ1v) is 11.5. The summed E-state index contributed by atoms with van der Waals surface area (Å²) < 4.78 is 34.7. The number of methoxy groups -OCH3 is 1. The SMILES string of the molecule is COc1ccc(F)cc1C(=O)NCc1ccc(-c2nn([C@H]3CCC[C@@H]3F)c3c(=O)[nH]nc(N)c23)cc1. The third-order valence-corrected chi connectivity index (χ3v) is 6.46. The first-order chi connectivity index (χ1) is 17.4. The molecule has 4 N–H and O–H groups in total. The van der Waals surface area contributed by atoms with Crippen molar-refractivity contribution >= 4 is 22.6 Å². The minimum absolute atomic E-state index is 0.0948. The van der Waals surface area contributed by atoms with E-state index in [1.807, 2.05) is 0 Å². The normalized spacial score (nSPS) is 17.4. The standard InChI is InChI=1S/C25H24F2N6O3/c1-36-19-10-9-15(26)11-16(19)24(34)29-12-13-5-7-14(8-6-13)21-20-22(25(35)31-30-23(20)28)33(32-21)18-4-2-3-17(18)27/h5-11,17-18H,2-4,12H2,1H3,(H2,28,30)(H,29,34)(H,31,35)/t17-,18-/m0/s1. The topological polar surface area (TPSA) is 128 Å². The van der Waals surface area contributed by atoms with Crippen LogP contribution in [0.3, 0.4) is 0 Å². The number of benzene rings is 2. The number of aromatic nitrogens is 4. The predicted molar refractivity (Wildman–Crippen MR) is 130 cm³/mol. The summed E-state index contributed by atoms with van der Waals surface area (Å²) in [5.74, 6) is -0.651. The number of hydrogen-bond acceptors (Lipinski definition) is 6. The number of halogens is 2. The molecule has 1 aliphatic rings. The van der Waals surface area contributed by atoms with Crippen molar-refractivity contribution in [3.05, 3.63) is 69.8 Å². The smallest absolute Gasteiger partial charge is 0.290 e. The maximum atomic E-state index is 14.6. The molecule has 1 fully saturated rings. The zero-order valence-electron chi connectivity index (χ0n) is 19.4. The molecule has 1 aliphatic carbocycles. The summed E-state index contributed by atoms with van der Waals surface area (Å²) in [6.45, 7) is 0.183. The van der Waals surface area contributed by atoms with Gasteiger partial charge in [0.1, 0.15) is 28.9 Å². The highest BCUT2D eigenvalue weighted by atomic mass is 19.1. The lowest BCUT2D eigenvalue weighted by Gasteiger charge is -2.13. The van der Waals surface area contributed by atoms with E-state index in [4.69, 9.17) is 10.5 Å². The second-order valence-corrected chi connectivity index (χ2v) is 8.69. The second kappa shape index (κ2) is 9.40. The highest BCUT2D eigenvalue weighted by Gasteiger charge is 2.32. The molecule has 11 heteroatoms. The van der Waals surface area contributed by atoms with Crippen molar-refractivity contribution < 1.29 is 18.3 Å². The Hall–Kier alpha value is -4.28. The van der Waals surface area contributed by atoms with E-state index in [1.54, 1.807) is 24.3 Å². The van der Waals surface area contributed by atoms with Gasteiger partial charge < -0.3 is 15.8 Å². The summed E-state index contributed by atoms with van der Waals surface area (Å²) in [6, 6.07) is 10.3. The Kier molecular flexibility index (Phi) is 6.13. The zero-order chi connectivity index (χ0) is 25.4. The number of aromatic amines is 1. The summed E-state index contributed by atoms with van der Waals surface area (Å²) in [4.78, 5) is 25.2. The molecule has 2 heterocycles. The van der Waals surface area contributed by atoms with Gasteiger partial charge in [-0.05, 0) is 43.0 Å². The fourth-order valence-electron chi connectivity index (χ4n) is 4.64. The van der Waals surface area contributed by atoms with E-state index in [9.17, 15) is 18.4 Å². The van der Waals surface area contributed by atoms with Gasteiger partial charge in [-0.1, -0.05) is 24.3 Å². The second-order valence-electron chi connectivity index (χ2n) is 8.69. The molecule has 0 aliphatic heterocycles. The highest BCUT2D eigenvalue weighted by Crippen LogP contribution is 2.37. The Morgan fingerprint density at radius 2 is 2.03 bits per heavy atom. The van der Waals surface area contributed by atoms with Gasteiger partial charge in [0.15, 0.2) is 5.82 Å². The number of H-pyrrole nitrogens is 1. The molecular formula is C25H24F2N6O3. The zero-order valence-corrected chi connectivity index (χ0v) is 19.4. The fourth-order valence-corrected chi connectivity index (χ4v) is 4.64. The minimum atomic E-state index is -1.10. The van der Waals surface area contributed by atoms with Crippen LogP contribution in [0.4, 0.5) is 14.6 Å². The van der Waals surface area contributed by atoms with Crippen molar-refractivity contribution in [2.24, 2.45) is 0 Å². The van der Waals surface area contributed by atoms with Crippen LogP contribution in [0.15, 0.2) is 47.3 Å².